The van der Waals surface area contributed by atoms with E-state index < -0.39 is 17.2 Å². The number of nitrogens with one attached hydrogen (secondary N) is 2. The summed E-state index contributed by atoms with van der Waals surface area (Å²) in [6.45, 7) is 5.46. The van der Waals surface area contributed by atoms with Crippen LogP contribution < -0.4 is 31.5 Å². The molecule has 0 saturated carbocycles. The van der Waals surface area contributed by atoms with Crippen LogP contribution >= 0.6 is 0 Å². The molecule has 0 bridgehead atoms. The molecule has 0 radical (unpaired) electrons. The summed E-state index contributed by atoms with van der Waals surface area (Å²) >= 11 is 0. The standard InChI is InChI=1S/C36H38N8O4/c1-5-32(45)38-25-12-9-13-28(20-25)44-33-29(34(46)43(36(44)47)23-24-10-7-6-8-11-24)22-37-35(40-33)39-30-15-14-27(21-31(30)48-4)42-18-16-26(17-19-42)41(2)3/h5-15,20-22,26H,1,16-19,23H2,2-4H3,(H,38,45)(H,37,39,40). The normalized spacial score (nSPS) is 13.5. The van der Waals surface area contributed by atoms with Gasteiger partial charge in [-0.25, -0.2) is 14.3 Å². The molecule has 0 spiro atoms. The number of aromatic nitrogens is 4. The van der Waals surface area contributed by atoms with Gasteiger partial charge in [0.1, 0.15) is 11.1 Å². The van der Waals surface area contributed by atoms with Gasteiger partial charge in [-0.15, -0.1) is 0 Å². The Kier molecular flexibility index (Phi) is 9.35. The van der Waals surface area contributed by atoms with E-state index in [-0.39, 0.29) is 23.5 Å². The van der Waals surface area contributed by atoms with Gasteiger partial charge < -0.3 is 25.2 Å². The number of amides is 1. The van der Waals surface area contributed by atoms with Gasteiger partial charge in [0.2, 0.25) is 11.9 Å². The van der Waals surface area contributed by atoms with Crippen LogP contribution in [0.5, 0.6) is 5.75 Å². The van der Waals surface area contributed by atoms with Gasteiger partial charge in [-0.1, -0.05) is 43.0 Å². The van der Waals surface area contributed by atoms with Crippen LogP contribution in [-0.4, -0.2) is 70.2 Å². The van der Waals surface area contributed by atoms with Crippen molar-refractivity contribution in [1.82, 2.24) is 24.0 Å². The Balaban J connectivity index is 1.40. The summed E-state index contributed by atoms with van der Waals surface area (Å²) in [5.74, 6) is 0.377. The zero-order valence-corrected chi connectivity index (χ0v) is 27.2. The van der Waals surface area contributed by atoms with Crippen LogP contribution in [0.3, 0.4) is 0 Å². The molecule has 1 amide bonds. The van der Waals surface area contributed by atoms with Gasteiger partial charge in [0.05, 0.1) is 25.0 Å². The number of ether oxygens (including phenoxy) is 1. The third-order valence-electron chi connectivity index (χ3n) is 8.61. The third kappa shape index (κ3) is 6.69. The summed E-state index contributed by atoms with van der Waals surface area (Å²) in [7, 11) is 5.85. The Morgan fingerprint density at radius 3 is 2.50 bits per heavy atom. The highest BCUT2D eigenvalue weighted by Gasteiger charge is 2.22. The zero-order chi connectivity index (χ0) is 33.8. The van der Waals surface area contributed by atoms with Crippen LogP contribution in [0.2, 0.25) is 0 Å². The predicted octanol–water partition coefficient (Wildman–Crippen LogP) is 4.40. The first kappa shape index (κ1) is 32.2. The van der Waals surface area contributed by atoms with Crippen molar-refractivity contribution >= 4 is 40.0 Å². The lowest BCUT2D eigenvalue weighted by Crippen LogP contribution is -2.41. The SMILES string of the molecule is C=CC(=O)Nc1cccc(-n2c(=O)n(Cc3ccccc3)c(=O)c3cnc(Nc4ccc(N5CCC(N(C)C)CC5)cc4OC)nc32)c1. The quantitative estimate of drug-likeness (QED) is 0.212. The second-order valence-electron chi connectivity index (χ2n) is 11.9. The Morgan fingerprint density at radius 1 is 1.02 bits per heavy atom. The molecule has 246 valence electrons. The fourth-order valence-electron chi connectivity index (χ4n) is 5.99. The Hall–Kier alpha value is -5.75. The summed E-state index contributed by atoms with van der Waals surface area (Å²) < 4.78 is 8.26. The molecule has 12 nitrogen and oxygen atoms in total. The van der Waals surface area contributed by atoms with E-state index in [9.17, 15) is 14.4 Å². The first-order chi connectivity index (χ1) is 23.2. The highest BCUT2D eigenvalue weighted by molar-refractivity contribution is 5.99. The van der Waals surface area contributed by atoms with Gasteiger partial charge >= 0.3 is 5.69 Å². The number of methoxy groups -OCH3 is 1. The molecule has 1 aliphatic heterocycles. The molecule has 12 heteroatoms. The number of carbonyl (C=O) groups excluding carboxylic acids is 1. The second kappa shape index (κ2) is 13.9. The summed E-state index contributed by atoms with van der Waals surface area (Å²) in [6, 6.07) is 22.5. The fourth-order valence-corrected chi connectivity index (χ4v) is 5.99. The zero-order valence-electron chi connectivity index (χ0n) is 27.2. The van der Waals surface area contributed by atoms with Gasteiger partial charge in [-0.05, 0) is 68.9 Å². The van der Waals surface area contributed by atoms with Crippen LogP contribution in [0, 0.1) is 0 Å². The van der Waals surface area contributed by atoms with Crippen LogP contribution in [0.1, 0.15) is 18.4 Å². The van der Waals surface area contributed by atoms with E-state index in [1.807, 2.05) is 48.5 Å². The van der Waals surface area contributed by atoms with Gasteiger partial charge in [0, 0.05) is 42.8 Å². The maximum Gasteiger partial charge on any atom is 0.337 e. The minimum atomic E-state index is -0.590. The maximum absolute atomic E-state index is 14.1. The van der Waals surface area contributed by atoms with E-state index in [4.69, 9.17) is 4.74 Å². The van der Waals surface area contributed by atoms with E-state index in [0.29, 0.717) is 28.9 Å². The van der Waals surface area contributed by atoms with Gasteiger partial charge in [0.15, 0.2) is 5.65 Å². The molecule has 1 fully saturated rings. The lowest BCUT2D eigenvalue weighted by atomic mass is 10.0. The smallest absolute Gasteiger partial charge is 0.337 e. The largest absolute Gasteiger partial charge is 0.494 e. The van der Waals surface area contributed by atoms with E-state index in [0.717, 1.165) is 47.8 Å². The molecular formula is C36H38N8O4. The maximum atomic E-state index is 14.1. The van der Waals surface area contributed by atoms with Crippen molar-refractivity contribution in [3.05, 3.63) is 118 Å². The Labute approximate surface area is 277 Å². The summed E-state index contributed by atoms with van der Waals surface area (Å²) in [4.78, 5) is 53.7. The molecule has 6 rings (SSSR count). The summed E-state index contributed by atoms with van der Waals surface area (Å²) in [6.07, 6.45) is 4.74. The lowest BCUT2D eigenvalue weighted by Gasteiger charge is -2.36. The highest BCUT2D eigenvalue weighted by atomic mass is 16.5. The lowest BCUT2D eigenvalue weighted by molar-refractivity contribution is -0.111. The first-order valence-corrected chi connectivity index (χ1v) is 15.7. The van der Waals surface area contributed by atoms with E-state index in [2.05, 4.69) is 51.1 Å². The van der Waals surface area contributed by atoms with Crippen molar-refractivity contribution in [1.29, 1.82) is 0 Å². The topological polar surface area (TPSA) is 127 Å². The van der Waals surface area contributed by atoms with E-state index in [1.54, 1.807) is 31.4 Å². The van der Waals surface area contributed by atoms with Crippen LogP contribution in [0.25, 0.3) is 16.7 Å². The molecule has 0 aliphatic carbocycles. The summed E-state index contributed by atoms with van der Waals surface area (Å²) in [5.41, 5.74) is 2.32. The molecule has 0 unspecified atom stereocenters. The number of fused-ring (bicyclic) bond motifs is 1. The summed E-state index contributed by atoms with van der Waals surface area (Å²) in [5, 5.41) is 6.09. The van der Waals surface area contributed by atoms with E-state index >= 15 is 0 Å². The first-order valence-electron chi connectivity index (χ1n) is 15.7. The molecule has 0 atom stereocenters. The van der Waals surface area contributed by atoms with Gasteiger partial charge in [-0.3, -0.25) is 14.2 Å². The predicted molar refractivity (Wildman–Crippen MR) is 189 cm³/mol. The molecule has 3 aromatic carbocycles. The number of carbonyl (C=O) groups is 1. The molecule has 5 aromatic rings. The molecule has 1 aliphatic rings. The van der Waals surface area contributed by atoms with Crippen molar-refractivity contribution in [2.75, 3.05) is 49.8 Å². The molecule has 48 heavy (non-hydrogen) atoms. The van der Waals surface area contributed by atoms with Crippen molar-refractivity contribution in [3.63, 3.8) is 0 Å². The number of benzene rings is 3. The Bertz CT molecular complexity index is 2080. The monoisotopic (exact) mass is 646 g/mol. The minimum absolute atomic E-state index is 0.0533. The number of rotatable bonds is 10. The molecule has 3 heterocycles. The van der Waals surface area contributed by atoms with Crippen molar-refractivity contribution in [3.8, 4) is 11.4 Å². The average Bonchev–Trinajstić information content (AvgIpc) is 3.11. The molecule has 1 saturated heterocycles. The Morgan fingerprint density at radius 2 is 1.79 bits per heavy atom. The van der Waals surface area contributed by atoms with Crippen LogP contribution in [0.4, 0.5) is 23.0 Å². The van der Waals surface area contributed by atoms with Crippen LogP contribution in [0.15, 0.2) is 101 Å². The fraction of sp³-hybridized carbons (Fsp3) is 0.250. The van der Waals surface area contributed by atoms with E-state index in [1.165, 1.54) is 10.8 Å². The number of nitrogens with zero attached hydrogens (tertiary/aromatic N) is 6. The van der Waals surface area contributed by atoms with Crippen molar-refractivity contribution in [2.24, 2.45) is 0 Å². The molecule has 2 N–H and O–H groups in total. The number of hydrogen-bond acceptors (Lipinski definition) is 9. The van der Waals surface area contributed by atoms with Gasteiger partial charge in [-0.2, -0.15) is 4.98 Å². The number of anilines is 4. The highest BCUT2D eigenvalue weighted by Crippen LogP contribution is 2.33. The van der Waals surface area contributed by atoms with Crippen molar-refractivity contribution < 1.29 is 9.53 Å². The number of piperidine rings is 1. The minimum Gasteiger partial charge on any atom is -0.494 e. The molecular weight excluding hydrogens is 608 g/mol. The average molecular weight is 647 g/mol. The van der Waals surface area contributed by atoms with Gasteiger partial charge in [0.25, 0.3) is 5.56 Å². The third-order valence-corrected chi connectivity index (χ3v) is 8.61. The van der Waals surface area contributed by atoms with Crippen molar-refractivity contribution in [2.45, 2.75) is 25.4 Å². The second-order valence-corrected chi connectivity index (χ2v) is 11.9. The van der Waals surface area contributed by atoms with Crippen LogP contribution in [-0.2, 0) is 11.3 Å². The molecule has 2 aromatic heterocycles. The number of hydrogen-bond donors (Lipinski definition) is 2.